The lowest BCUT2D eigenvalue weighted by molar-refractivity contribution is -0.128. The summed E-state index contributed by atoms with van der Waals surface area (Å²) in [4.78, 5) is 28.2. The average molecular weight is 446 g/mol. The molecule has 1 unspecified atom stereocenters. The van der Waals surface area contributed by atoms with E-state index in [2.05, 4.69) is 28.5 Å². The number of amides is 2. The van der Waals surface area contributed by atoms with Gasteiger partial charge in [0, 0.05) is 22.9 Å². The Morgan fingerprint density at radius 1 is 1.12 bits per heavy atom. The third-order valence-corrected chi connectivity index (χ3v) is 5.85. The lowest BCUT2D eigenvalue weighted by Gasteiger charge is -2.16. The highest BCUT2D eigenvalue weighted by Crippen LogP contribution is 2.34. The zero-order valence-corrected chi connectivity index (χ0v) is 18.4. The second-order valence-electron chi connectivity index (χ2n) is 8.09. The summed E-state index contributed by atoms with van der Waals surface area (Å²) < 4.78 is 5.27. The summed E-state index contributed by atoms with van der Waals surface area (Å²) in [6.07, 6.45) is 7.40. The number of hydrogen-bond donors (Lipinski definition) is 4. The Hall–Kier alpha value is -3.84. The SMILES string of the molecule is COc1ccc(-c2cc(C3CC=CCC3)[nH]c2C(=O)Nc2cccc(CC(=O)NO)c2)cc1. The van der Waals surface area contributed by atoms with Gasteiger partial charge in [0.1, 0.15) is 11.4 Å². The van der Waals surface area contributed by atoms with Crippen LogP contribution in [-0.4, -0.2) is 29.1 Å². The minimum atomic E-state index is -0.518. The highest BCUT2D eigenvalue weighted by atomic mass is 16.5. The molecule has 1 aliphatic carbocycles. The summed E-state index contributed by atoms with van der Waals surface area (Å²) >= 11 is 0. The molecule has 1 heterocycles. The van der Waals surface area contributed by atoms with E-state index in [-0.39, 0.29) is 12.3 Å². The van der Waals surface area contributed by atoms with Crippen LogP contribution in [0.15, 0.2) is 66.7 Å². The molecule has 0 radical (unpaired) electrons. The number of H-pyrrole nitrogens is 1. The van der Waals surface area contributed by atoms with Crippen LogP contribution >= 0.6 is 0 Å². The number of aromatic amines is 1. The summed E-state index contributed by atoms with van der Waals surface area (Å²) in [6, 6.07) is 16.7. The molecule has 1 atom stereocenters. The molecule has 0 saturated carbocycles. The van der Waals surface area contributed by atoms with Crippen molar-refractivity contribution in [1.29, 1.82) is 0 Å². The van der Waals surface area contributed by atoms with E-state index in [1.54, 1.807) is 36.9 Å². The van der Waals surface area contributed by atoms with Crippen molar-refractivity contribution in [2.45, 2.75) is 31.6 Å². The van der Waals surface area contributed by atoms with Crippen LogP contribution in [0.3, 0.4) is 0 Å². The maximum absolute atomic E-state index is 13.3. The molecule has 33 heavy (non-hydrogen) atoms. The Kier molecular flexibility index (Phi) is 6.90. The molecule has 4 rings (SSSR count). The van der Waals surface area contributed by atoms with Crippen molar-refractivity contribution in [3.05, 3.63) is 83.7 Å². The van der Waals surface area contributed by atoms with Gasteiger partial charge in [-0.15, -0.1) is 0 Å². The van der Waals surface area contributed by atoms with E-state index < -0.39 is 5.91 Å². The van der Waals surface area contributed by atoms with E-state index in [0.717, 1.165) is 41.8 Å². The molecule has 2 aromatic carbocycles. The molecule has 0 fully saturated rings. The Labute approximate surface area is 192 Å². The van der Waals surface area contributed by atoms with Crippen molar-refractivity contribution < 1.29 is 19.5 Å². The summed E-state index contributed by atoms with van der Waals surface area (Å²) in [5.41, 5.74) is 6.15. The van der Waals surface area contributed by atoms with Gasteiger partial charge in [-0.25, -0.2) is 5.48 Å². The van der Waals surface area contributed by atoms with Gasteiger partial charge < -0.3 is 15.0 Å². The van der Waals surface area contributed by atoms with Gasteiger partial charge in [-0.1, -0.05) is 36.4 Å². The van der Waals surface area contributed by atoms with Crippen molar-refractivity contribution in [3.63, 3.8) is 0 Å². The first-order valence-electron chi connectivity index (χ1n) is 10.9. The number of allylic oxidation sites excluding steroid dienone is 2. The van der Waals surface area contributed by atoms with Crippen LogP contribution in [0.25, 0.3) is 11.1 Å². The van der Waals surface area contributed by atoms with Gasteiger partial charge in [0.15, 0.2) is 0 Å². The number of carbonyl (C=O) groups is 2. The number of hydrogen-bond acceptors (Lipinski definition) is 4. The lowest BCUT2D eigenvalue weighted by atomic mass is 9.91. The fourth-order valence-electron chi connectivity index (χ4n) is 4.13. The summed E-state index contributed by atoms with van der Waals surface area (Å²) in [6.45, 7) is 0. The van der Waals surface area contributed by atoms with Crippen LogP contribution in [0.1, 0.15) is 46.9 Å². The highest BCUT2D eigenvalue weighted by molar-refractivity contribution is 6.07. The van der Waals surface area contributed by atoms with Crippen LogP contribution in [0.4, 0.5) is 5.69 Å². The van der Waals surface area contributed by atoms with Gasteiger partial charge >= 0.3 is 0 Å². The third-order valence-electron chi connectivity index (χ3n) is 5.85. The number of aromatic nitrogens is 1. The second kappa shape index (κ2) is 10.2. The van der Waals surface area contributed by atoms with E-state index >= 15 is 0 Å². The number of methoxy groups -OCH3 is 1. The zero-order valence-electron chi connectivity index (χ0n) is 18.4. The standard InChI is InChI=1S/C26H27N3O4/c1-33-21-12-10-18(11-13-21)22-16-23(19-7-3-2-4-8-19)28-25(22)26(31)27-20-9-5-6-17(14-20)15-24(30)29-32/h2-3,5-6,9-14,16,19,28,32H,4,7-8,15H2,1H3,(H,27,31)(H,29,30). The molecule has 1 aromatic heterocycles. The maximum atomic E-state index is 13.3. The van der Waals surface area contributed by atoms with Gasteiger partial charge in [-0.2, -0.15) is 0 Å². The van der Waals surface area contributed by atoms with Crippen molar-refractivity contribution in [2.75, 3.05) is 12.4 Å². The molecular weight excluding hydrogens is 418 g/mol. The monoisotopic (exact) mass is 445 g/mol. The first-order chi connectivity index (χ1) is 16.1. The predicted molar refractivity (Wildman–Crippen MR) is 127 cm³/mol. The number of hydroxylamine groups is 1. The molecule has 1 aliphatic rings. The quantitative estimate of drug-likeness (QED) is 0.238. The molecule has 0 bridgehead atoms. The average Bonchev–Trinajstić information content (AvgIpc) is 3.30. The fraction of sp³-hybridized carbons (Fsp3) is 0.231. The van der Waals surface area contributed by atoms with Gasteiger partial charge in [0.25, 0.3) is 5.91 Å². The highest BCUT2D eigenvalue weighted by Gasteiger charge is 2.22. The Bertz CT molecular complexity index is 1160. The smallest absolute Gasteiger partial charge is 0.272 e. The maximum Gasteiger partial charge on any atom is 0.272 e. The molecule has 2 amide bonds. The molecule has 4 N–H and O–H groups in total. The molecular formula is C26H27N3O4. The lowest BCUT2D eigenvalue weighted by Crippen LogP contribution is -2.20. The molecule has 170 valence electrons. The minimum Gasteiger partial charge on any atom is -0.497 e. The van der Waals surface area contributed by atoms with Crippen LogP contribution in [0.5, 0.6) is 5.75 Å². The molecule has 7 nitrogen and oxygen atoms in total. The Balaban J connectivity index is 1.64. The number of ether oxygens (including phenoxy) is 1. The summed E-state index contributed by atoms with van der Waals surface area (Å²) in [5, 5.41) is 11.7. The molecule has 3 aromatic rings. The van der Waals surface area contributed by atoms with Gasteiger partial charge in [-0.3, -0.25) is 14.8 Å². The van der Waals surface area contributed by atoms with Crippen LogP contribution < -0.4 is 15.5 Å². The largest absolute Gasteiger partial charge is 0.497 e. The molecule has 0 aliphatic heterocycles. The van der Waals surface area contributed by atoms with E-state index in [0.29, 0.717) is 22.9 Å². The van der Waals surface area contributed by atoms with Gasteiger partial charge in [0.2, 0.25) is 5.91 Å². The predicted octanol–water partition coefficient (Wildman–Crippen LogP) is 4.81. The molecule has 7 heteroatoms. The topological polar surface area (TPSA) is 103 Å². The van der Waals surface area contributed by atoms with Crippen LogP contribution in [0, 0.1) is 0 Å². The second-order valence-corrected chi connectivity index (χ2v) is 8.09. The van der Waals surface area contributed by atoms with Gasteiger partial charge in [-0.05, 0) is 60.7 Å². The van der Waals surface area contributed by atoms with E-state index in [1.165, 1.54) is 0 Å². The summed E-state index contributed by atoms with van der Waals surface area (Å²) in [5.74, 6) is 0.313. The molecule has 0 saturated heterocycles. The Morgan fingerprint density at radius 2 is 1.94 bits per heavy atom. The van der Waals surface area contributed by atoms with Crippen molar-refractivity contribution in [1.82, 2.24) is 10.5 Å². The van der Waals surface area contributed by atoms with Crippen molar-refractivity contribution in [2.24, 2.45) is 0 Å². The first-order valence-corrected chi connectivity index (χ1v) is 10.9. The van der Waals surface area contributed by atoms with E-state index in [9.17, 15) is 9.59 Å². The minimum absolute atomic E-state index is 0.0131. The summed E-state index contributed by atoms with van der Waals surface area (Å²) in [7, 11) is 1.62. The van der Waals surface area contributed by atoms with E-state index in [1.807, 2.05) is 24.3 Å². The van der Waals surface area contributed by atoms with E-state index in [4.69, 9.17) is 9.94 Å². The molecule has 0 spiro atoms. The number of rotatable bonds is 7. The Morgan fingerprint density at radius 3 is 2.64 bits per heavy atom. The number of nitrogens with one attached hydrogen (secondary N) is 3. The van der Waals surface area contributed by atoms with Crippen LogP contribution in [-0.2, 0) is 11.2 Å². The zero-order chi connectivity index (χ0) is 23.2. The fourth-order valence-corrected chi connectivity index (χ4v) is 4.13. The van der Waals surface area contributed by atoms with Crippen LogP contribution in [0.2, 0.25) is 0 Å². The third kappa shape index (κ3) is 5.32. The number of anilines is 1. The first kappa shape index (κ1) is 22.4. The van der Waals surface area contributed by atoms with Crippen molar-refractivity contribution >= 4 is 17.5 Å². The van der Waals surface area contributed by atoms with Gasteiger partial charge in [0.05, 0.1) is 13.5 Å². The normalized spacial score (nSPS) is 15.2. The van der Waals surface area contributed by atoms with Crippen molar-refractivity contribution in [3.8, 4) is 16.9 Å². The number of carbonyl (C=O) groups excluding carboxylic acids is 2. The number of benzene rings is 2.